The quantitative estimate of drug-likeness (QED) is 0.0853. The van der Waals surface area contributed by atoms with Crippen LogP contribution in [0.15, 0.2) is 193 Å². The zero-order valence-corrected chi connectivity index (χ0v) is 44.5. The molecule has 2 N–H and O–H groups in total. The first-order valence-corrected chi connectivity index (χ1v) is 19.6. The van der Waals surface area contributed by atoms with E-state index in [4.69, 9.17) is 29.3 Å². The van der Waals surface area contributed by atoms with E-state index in [1.54, 1.807) is 150 Å². The number of methoxy groups -OCH3 is 2. The van der Waals surface area contributed by atoms with E-state index in [1.807, 2.05) is 48.5 Å². The van der Waals surface area contributed by atoms with Gasteiger partial charge in [0.1, 0.15) is 11.5 Å². The smallest absolute Gasteiger partial charge is 0.872 e. The molecule has 18 heteroatoms. The van der Waals surface area contributed by atoms with E-state index in [-0.39, 0.29) is 62.3 Å². The normalized spacial score (nSPS) is 10.2. The fourth-order valence-electron chi connectivity index (χ4n) is 4.33. The molecular formula is C50H50N6O10Zn2. The molecule has 2 amide bonds. The number of allylic oxidation sites excluding steroid dienone is 2. The van der Waals surface area contributed by atoms with Crippen molar-refractivity contribution in [1.82, 2.24) is 20.8 Å². The summed E-state index contributed by atoms with van der Waals surface area (Å²) in [7, 11) is 3.12. The molecule has 0 saturated heterocycles. The number of nitrogens with one attached hydrogen (secondary N) is 2. The molecule has 0 saturated carbocycles. The van der Waals surface area contributed by atoms with Crippen molar-refractivity contribution in [3.63, 3.8) is 0 Å². The number of carbonyl (C=O) groups is 4. The van der Waals surface area contributed by atoms with Crippen molar-refractivity contribution < 1.29 is 88.0 Å². The molecule has 68 heavy (non-hydrogen) atoms. The summed E-state index contributed by atoms with van der Waals surface area (Å²) >= 11 is 0. The van der Waals surface area contributed by atoms with E-state index in [9.17, 15) is 19.8 Å². The Morgan fingerprint density at radius 3 is 0.926 bits per heavy atom. The van der Waals surface area contributed by atoms with Crippen LogP contribution in [0.5, 0.6) is 11.5 Å². The van der Waals surface area contributed by atoms with E-state index >= 15 is 0 Å². The number of amides is 2. The van der Waals surface area contributed by atoms with Crippen LogP contribution < -0.4 is 40.8 Å². The third-order valence-corrected chi connectivity index (χ3v) is 7.30. The fraction of sp³-hybridized carbons (Fsp3) is 0.120. The van der Waals surface area contributed by atoms with Crippen LogP contribution in [0.3, 0.4) is 0 Å². The van der Waals surface area contributed by atoms with Gasteiger partial charge in [-0.25, -0.2) is 10.9 Å². The Morgan fingerprint density at radius 1 is 0.441 bits per heavy atom. The molecule has 0 aliphatic carbocycles. The van der Waals surface area contributed by atoms with E-state index in [2.05, 4.69) is 31.0 Å². The van der Waals surface area contributed by atoms with Crippen molar-refractivity contribution in [2.24, 2.45) is 10.2 Å². The molecule has 6 rings (SSSR count). The Bertz CT molecular complexity index is 2190. The topological polar surface area (TPSA) is 254 Å². The minimum Gasteiger partial charge on any atom is -0.872 e. The second-order valence-electron chi connectivity index (χ2n) is 12.6. The largest absolute Gasteiger partial charge is 2.00 e. The van der Waals surface area contributed by atoms with Crippen LogP contribution in [-0.2, 0) is 48.5 Å². The molecule has 0 aliphatic rings. The molecular weight excluding hydrogens is 975 g/mol. The number of nitrogens with zero attached hydrogens (tertiary/aromatic N) is 4. The number of carboxylic acids is 2. The van der Waals surface area contributed by atoms with E-state index in [0.29, 0.717) is 45.2 Å². The molecule has 0 atom stereocenters. The number of hydrogen-bond acceptors (Lipinski definition) is 14. The van der Waals surface area contributed by atoms with Gasteiger partial charge in [0.2, 0.25) is 0 Å². The van der Waals surface area contributed by atoms with Crippen LogP contribution >= 0.6 is 0 Å². The van der Waals surface area contributed by atoms with E-state index < -0.39 is 11.9 Å². The molecule has 0 aliphatic heterocycles. The summed E-state index contributed by atoms with van der Waals surface area (Å²) in [6.45, 7) is 5.24. The minimum atomic E-state index is -1.08. The van der Waals surface area contributed by atoms with Crippen LogP contribution in [0.25, 0.3) is 11.5 Å². The van der Waals surface area contributed by atoms with Crippen LogP contribution in [0.2, 0.25) is 0 Å². The van der Waals surface area contributed by atoms with Gasteiger partial charge in [-0.05, 0) is 124 Å². The number of rotatable bonds is 10. The van der Waals surface area contributed by atoms with Crippen molar-refractivity contribution in [1.29, 1.82) is 0 Å². The Labute approximate surface area is 421 Å². The van der Waals surface area contributed by atoms with Crippen LogP contribution in [-0.4, -0.2) is 59.4 Å². The van der Waals surface area contributed by atoms with Crippen LogP contribution in [0.1, 0.15) is 59.5 Å². The average Bonchev–Trinajstić information content (AvgIpc) is 3.34. The summed E-state index contributed by atoms with van der Waals surface area (Å²) < 4.78 is 10.1. The molecule has 6 aromatic rings. The Morgan fingerprint density at radius 2 is 0.706 bits per heavy atom. The minimum absolute atomic E-state index is 0. The molecule has 2 heterocycles. The summed E-state index contributed by atoms with van der Waals surface area (Å²) in [6.07, 6.45) is 9.76. The maximum atomic E-state index is 12.0. The van der Waals surface area contributed by atoms with Gasteiger partial charge in [-0.2, -0.15) is 10.2 Å². The zero-order chi connectivity index (χ0) is 49.0. The number of pyridine rings is 2. The molecule has 0 unspecified atom stereocenters. The summed E-state index contributed by atoms with van der Waals surface area (Å²) in [5, 5.41) is 49.6. The monoisotopic (exact) mass is 1020 g/mol. The molecule has 16 nitrogen and oxygen atoms in total. The third kappa shape index (κ3) is 31.2. The van der Waals surface area contributed by atoms with Gasteiger partial charge in [0.15, 0.2) is 0 Å². The number of hydrazone groups is 2. The SMILES string of the molecule is CC(=O)[O-].CC(=O)[O-].COc1ccc(C(=O)N/N=C(C)/C=C(\[O-])c2ccccc2)cc1.COc1ccc(C(=O)N/N=C(C)/C=C(\[O-])c2ccccc2)cc1.[Zn+2].[Zn+2].c1ccncc1.c1ccncc1. The molecule has 0 spiro atoms. The van der Waals surface area contributed by atoms with Gasteiger partial charge in [-0.1, -0.05) is 84.3 Å². The first-order chi connectivity index (χ1) is 31.7. The number of hydrogen-bond donors (Lipinski definition) is 2. The molecule has 2 aromatic heterocycles. The Hall–Kier alpha value is -7.67. The number of carboxylic acid groups (broad SMARTS) is 2. The molecule has 0 fully saturated rings. The summed E-state index contributed by atoms with van der Waals surface area (Å²) in [5.41, 5.74) is 7.73. The second-order valence-corrected chi connectivity index (χ2v) is 12.6. The summed E-state index contributed by atoms with van der Waals surface area (Å²) in [5.74, 6) is -1.86. The number of carbonyl (C=O) groups excluding carboxylic acids is 4. The number of benzene rings is 4. The number of aromatic nitrogens is 2. The van der Waals surface area contributed by atoms with Crippen molar-refractivity contribution in [2.75, 3.05) is 14.2 Å². The standard InChI is InChI=1S/2C18H18N2O3.2C5H5N.2C2H4O2.2Zn/c2*1-13(12-17(21)14-6-4-3-5-7-14)19-20-18(22)15-8-10-16(23-2)11-9-15;2*1-2-4-6-5-3-1;2*1-2(3)4;;/h2*3-12,21H,1-2H3,(H,20,22);2*1-5H;2*1H3,(H,3,4);;/q;;;;;;2*+2/p-4/b2*17-12-,19-13+;;;;;;. The second kappa shape index (κ2) is 38.6. The van der Waals surface area contributed by atoms with Crippen molar-refractivity contribution in [3.05, 3.63) is 205 Å². The van der Waals surface area contributed by atoms with Gasteiger partial charge < -0.3 is 39.5 Å². The first kappa shape index (κ1) is 62.4. The Kier molecular flexibility index (Phi) is 35.4. The van der Waals surface area contributed by atoms with Crippen molar-refractivity contribution >= 4 is 46.7 Å². The zero-order valence-electron chi connectivity index (χ0n) is 38.6. The van der Waals surface area contributed by atoms with Gasteiger partial charge in [-0.15, -0.1) is 0 Å². The van der Waals surface area contributed by atoms with E-state index in [0.717, 1.165) is 13.8 Å². The maximum Gasteiger partial charge on any atom is 2.00 e. The average molecular weight is 1030 g/mol. The van der Waals surface area contributed by atoms with Crippen molar-refractivity contribution in [3.8, 4) is 11.5 Å². The molecule has 0 bridgehead atoms. The van der Waals surface area contributed by atoms with Crippen LogP contribution in [0, 0.1) is 0 Å². The first-order valence-electron chi connectivity index (χ1n) is 19.6. The number of ether oxygens (including phenoxy) is 2. The van der Waals surface area contributed by atoms with Crippen LogP contribution in [0.4, 0.5) is 0 Å². The Balaban J connectivity index is 0. The van der Waals surface area contributed by atoms with Gasteiger partial charge in [-0.3, -0.25) is 19.6 Å². The van der Waals surface area contributed by atoms with E-state index in [1.165, 1.54) is 12.2 Å². The van der Waals surface area contributed by atoms with Gasteiger partial charge >= 0.3 is 39.0 Å². The summed E-state index contributed by atoms with van der Waals surface area (Å²) in [6, 6.07) is 42.5. The fourth-order valence-corrected chi connectivity index (χ4v) is 4.33. The molecule has 4 aromatic carbocycles. The van der Waals surface area contributed by atoms with Gasteiger partial charge in [0, 0.05) is 47.9 Å². The van der Waals surface area contributed by atoms with Crippen molar-refractivity contribution in [2.45, 2.75) is 27.7 Å². The predicted octanol–water partition coefficient (Wildman–Crippen LogP) is 4.08. The maximum absolute atomic E-state index is 12.0. The summed E-state index contributed by atoms with van der Waals surface area (Å²) in [4.78, 5) is 49.2. The van der Waals surface area contributed by atoms with Gasteiger partial charge in [0.25, 0.3) is 11.8 Å². The third-order valence-electron chi connectivity index (χ3n) is 7.30. The molecule has 0 radical (unpaired) electrons. The predicted molar refractivity (Wildman–Crippen MR) is 246 cm³/mol. The van der Waals surface area contributed by atoms with Gasteiger partial charge in [0.05, 0.1) is 25.6 Å². The molecule has 344 valence electrons. The number of aliphatic carboxylic acids is 2.